The highest BCUT2D eigenvalue weighted by molar-refractivity contribution is 7.92. The molecule has 2 heterocycles. The van der Waals surface area contributed by atoms with E-state index >= 15 is 0 Å². The molecule has 0 radical (unpaired) electrons. The second-order valence-electron chi connectivity index (χ2n) is 6.68. The first-order chi connectivity index (χ1) is 13.7. The number of aromatic nitrogens is 4. The third-order valence-electron chi connectivity index (χ3n) is 3.99. The molecule has 9 nitrogen and oxygen atoms in total. The van der Waals surface area contributed by atoms with Gasteiger partial charge in [-0.25, -0.2) is 23.1 Å². The molecule has 0 saturated heterocycles. The van der Waals surface area contributed by atoms with Crippen molar-refractivity contribution in [3.8, 4) is 0 Å². The molecule has 0 aliphatic rings. The number of carbonyl (C=O) groups is 1. The molecule has 29 heavy (non-hydrogen) atoms. The Kier molecular flexibility index (Phi) is 5.92. The van der Waals surface area contributed by atoms with Crippen LogP contribution in [0.5, 0.6) is 0 Å². The monoisotopic (exact) mass is 414 g/mol. The summed E-state index contributed by atoms with van der Waals surface area (Å²) in [5, 5.41) is 6.87. The lowest BCUT2D eigenvalue weighted by Crippen LogP contribution is -2.16. The van der Waals surface area contributed by atoms with Crippen molar-refractivity contribution in [2.45, 2.75) is 38.6 Å². The van der Waals surface area contributed by atoms with Crippen LogP contribution in [0.2, 0.25) is 0 Å². The number of aryl methyl sites for hydroxylation is 4. The summed E-state index contributed by atoms with van der Waals surface area (Å²) in [5.74, 6) is -0.163. The summed E-state index contributed by atoms with van der Waals surface area (Å²) in [6, 6.07) is 7.65. The maximum absolute atomic E-state index is 12.5. The normalized spacial score (nSPS) is 11.3. The van der Waals surface area contributed by atoms with Crippen LogP contribution in [0.4, 0.5) is 11.6 Å². The molecule has 2 aromatic heterocycles. The van der Waals surface area contributed by atoms with Gasteiger partial charge in [-0.05, 0) is 56.7 Å². The summed E-state index contributed by atoms with van der Waals surface area (Å²) in [4.78, 5) is 20.3. The number of nitrogens with one attached hydrogen (secondary N) is 2. The Morgan fingerprint density at radius 1 is 1.07 bits per heavy atom. The van der Waals surface area contributed by atoms with Gasteiger partial charge < -0.3 is 5.32 Å². The number of benzene rings is 1. The van der Waals surface area contributed by atoms with Gasteiger partial charge in [-0.2, -0.15) is 5.10 Å². The highest BCUT2D eigenvalue weighted by Gasteiger charge is 2.16. The summed E-state index contributed by atoms with van der Waals surface area (Å²) in [7, 11) is -3.84. The van der Waals surface area contributed by atoms with E-state index in [1.54, 1.807) is 30.8 Å². The number of carbonyl (C=O) groups excluding carboxylic acids is 1. The number of anilines is 2. The maximum atomic E-state index is 12.5. The fourth-order valence-corrected chi connectivity index (χ4v) is 3.64. The number of sulfonamides is 1. The minimum Gasteiger partial charge on any atom is -0.326 e. The zero-order chi connectivity index (χ0) is 21.0. The van der Waals surface area contributed by atoms with Crippen LogP contribution in [0, 0.1) is 20.8 Å². The van der Waals surface area contributed by atoms with Crippen LogP contribution < -0.4 is 10.0 Å². The van der Waals surface area contributed by atoms with Gasteiger partial charge in [0, 0.05) is 36.2 Å². The van der Waals surface area contributed by atoms with Crippen molar-refractivity contribution in [3.05, 3.63) is 59.7 Å². The van der Waals surface area contributed by atoms with E-state index in [-0.39, 0.29) is 23.2 Å². The third-order valence-corrected chi connectivity index (χ3v) is 5.33. The number of hydrogen-bond donors (Lipinski definition) is 2. The van der Waals surface area contributed by atoms with Gasteiger partial charge in [0.05, 0.1) is 11.1 Å². The van der Waals surface area contributed by atoms with Crippen LogP contribution >= 0.6 is 0 Å². The van der Waals surface area contributed by atoms with Gasteiger partial charge in [0.25, 0.3) is 10.0 Å². The molecule has 2 N–H and O–H groups in total. The molecule has 0 saturated carbocycles. The molecule has 3 rings (SSSR count). The van der Waals surface area contributed by atoms with E-state index in [0.717, 1.165) is 5.56 Å². The summed E-state index contributed by atoms with van der Waals surface area (Å²) >= 11 is 0. The molecule has 152 valence electrons. The molecule has 3 aromatic rings. The van der Waals surface area contributed by atoms with Crippen LogP contribution in [-0.2, 0) is 21.4 Å². The van der Waals surface area contributed by atoms with Gasteiger partial charge in [-0.3, -0.25) is 9.48 Å². The SMILES string of the molecule is Cc1cnn(CCC(=O)Nc2ccc(S(=O)(=O)Nc3nc(C)cc(C)n3)cc2)c1. The van der Waals surface area contributed by atoms with E-state index in [4.69, 9.17) is 0 Å². The number of amides is 1. The van der Waals surface area contributed by atoms with E-state index in [0.29, 0.717) is 23.6 Å². The van der Waals surface area contributed by atoms with Crippen molar-refractivity contribution in [3.63, 3.8) is 0 Å². The Hall–Kier alpha value is -3.27. The molecule has 1 aromatic carbocycles. The maximum Gasteiger partial charge on any atom is 0.264 e. The van der Waals surface area contributed by atoms with Crippen molar-refractivity contribution < 1.29 is 13.2 Å². The lowest BCUT2D eigenvalue weighted by atomic mass is 10.3. The predicted octanol–water partition coefficient (Wildman–Crippen LogP) is 2.43. The van der Waals surface area contributed by atoms with Crippen molar-refractivity contribution in [1.29, 1.82) is 0 Å². The average molecular weight is 414 g/mol. The van der Waals surface area contributed by atoms with E-state index in [2.05, 4.69) is 25.1 Å². The Bertz CT molecular complexity index is 1100. The molecular formula is C19H22N6O3S. The fraction of sp³-hybridized carbons (Fsp3) is 0.263. The van der Waals surface area contributed by atoms with Crippen LogP contribution in [0.25, 0.3) is 0 Å². The lowest BCUT2D eigenvalue weighted by Gasteiger charge is -2.09. The van der Waals surface area contributed by atoms with Gasteiger partial charge >= 0.3 is 0 Å². The van der Waals surface area contributed by atoms with E-state index in [1.807, 2.05) is 13.1 Å². The quantitative estimate of drug-likeness (QED) is 0.613. The third kappa shape index (κ3) is 5.61. The van der Waals surface area contributed by atoms with Crippen LogP contribution in [-0.4, -0.2) is 34.1 Å². The van der Waals surface area contributed by atoms with Crippen LogP contribution in [0.3, 0.4) is 0 Å². The summed E-state index contributed by atoms with van der Waals surface area (Å²) < 4.78 is 29.1. The second-order valence-corrected chi connectivity index (χ2v) is 8.37. The topological polar surface area (TPSA) is 119 Å². The zero-order valence-electron chi connectivity index (χ0n) is 16.4. The average Bonchev–Trinajstić information content (AvgIpc) is 3.04. The van der Waals surface area contributed by atoms with Gasteiger partial charge in [-0.15, -0.1) is 0 Å². The summed E-state index contributed by atoms with van der Waals surface area (Å²) in [5.41, 5.74) is 2.87. The molecule has 0 aliphatic carbocycles. The first-order valence-electron chi connectivity index (χ1n) is 8.95. The van der Waals surface area contributed by atoms with Crippen molar-refractivity contribution in [2.24, 2.45) is 0 Å². The molecule has 0 bridgehead atoms. The van der Waals surface area contributed by atoms with E-state index < -0.39 is 10.0 Å². The first kappa shape index (κ1) is 20.5. The second kappa shape index (κ2) is 8.39. The van der Waals surface area contributed by atoms with E-state index in [9.17, 15) is 13.2 Å². The number of rotatable bonds is 7. The summed E-state index contributed by atoms with van der Waals surface area (Å²) in [6.07, 6.45) is 3.85. The minimum atomic E-state index is -3.84. The van der Waals surface area contributed by atoms with Crippen LogP contribution in [0.15, 0.2) is 47.6 Å². The molecule has 0 spiro atoms. The Morgan fingerprint density at radius 3 is 2.31 bits per heavy atom. The highest BCUT2D eigenvalue weighted by atomic mass is 32.2. The van der Waals surface area contributed by atoms with Gasteiger partial charge in [0.1, 0.15) is 0 Å². The van der Waals surface area contributed by atoms with Crippen molar-refractivity contribution in [1.82, 2.24) is 19.7 Å². The highest BCUT2D eigenvalue weighted by Crippen LogP contribution is 2.17. The van der Waals surface area contributed by atoms with Gasteiger partial charge in [-0.1, -0.05) is 0 Å². The molecule has 0 aliphatic heterocycles. The number of nitrogens with zero attached hydrogens (tertiary/aromatic N) is 4. The van der Waals surface area contributed by atoms with Crippen LogP contribution in [0.1, 0.15) is 23.4 Å². The lowest BCUT2D eigenvalue weighted by molar-refractivity contribution is -0.116. The molecule has 0 atom stereocenters. The van der Waals surface area contributed by atoms with Gasteiger partial charge in [0.15, 0.2) is 0 Å². The Labute approximate surface area is 169 Å². The first-order valence-corrected chi connectivity index (χ1v) is 10.4. The Balaban J connectivity index is 1.61. The standard InChI is InChI=1S/C19H22N6O3S/c1-13-11-20-25(12-13)9-8-18(26)23-16-4-6-17(7-5-16)29(27,28)24-19-21-14(2)10-15(3)22-19/h4-7,10-12H,8-9H2,1-3H3,(H,23,26)(H,21,22,24). The fourth-order valence-electron chi connectivity index (χ4n) is 2.70. The molecule has 0 unspecified atom stereocenters. The van der Waals surface area contributed by atoms with Crippen molar-refractivity contribution in [2.75, 3.05) is 10.0 Å². The molecular weight excluding hydrogens is 392 g/mol. The summed E-state index contributed by atoms with van der Waals surface area (Å²) in [6.45, 7) is 5.92. The molecule has 1 amide bonds. The smallest absolute Gasteiger partial charge is 0.264 e. The number of hydrogen-bond acceptors (Lipinski definition) is 6. The minimum absolute atomic E-state index is 0.0220. The zero-order valence-corrected chi connectivity index (χ0v) is 17.2. The Morgan fingerprint density at radius 2 is 1.72 bits per heavy atom. The molecule has 10 heteroatoms. The van der Waals surface area contributed by atoms with Crippen molar-refractivity contribution >= 4 is 27.6 Å². The molecule has 0 fully saturated rings. The van der Waals surface area contributed by atoms with E-state index in [1.165, 1.54) is 24.3 Å². The van der Waals surface area contributed by atoms with Gasteiger partial charge in [0.2, 0.25) is 11.9 Å². The largest absolute Gasteiger partial charge is 0.326 e. The predicted molar refractivity (Wildman–Crippen MR) is 109 cm³/mol.